The molecule has 0 fully saturated rings. The Hall–Kier alpha value is -0.760. The molecule has 0 bridgehead atoms. The molecule has 0 spiro atoms. The molecule has 0 amide bonds. The van der Waals surface area contributed by atoms with Crippen LogP contribution in [0.25, 0.3) is 0 Å². The molecular formula is C5H5IN4O. The number of hydrogen-bond acceptors (Lipinski definition) is 5. The number of aromatic nitrogens is 2. The molecule has 1 aromatic rings. The molecule has 1 rings (SSSR count). The van der Waals surface area contributed by atoms with Gasteiger partial charge in [0.2, 0.25) is 0 Å². The van der Waals surface area contributed by atoms with Crippen molar-refractivity contribution in [3.63, 3.8) is 0 Å². The van der Waals surface area contributed by atoms with Crippen LogP contribution in [0.4, 0.5) is 5.82 Å². The Balaban J connectivity index is 3.12. The molecule has 3 N–H and O–H groups in total. The van der Waals surface area contributed by atoms with E-state index >= 15 is 0 Å². The highest BCUT2D eigenvalue weighted by molar-refractivity contribution is 14.1. The van der Waals surface area contributed by atoms with Gasteiger partial charge in [-0.1, -0.05) is 0 Å². The predicted molar refractivity (Wildman–Crippen MR) is 48.3 cm³/mol. The van der Waals surface area contributed by atoms with Crippen LogP contribution in [0.2, 0.25) is 0 Å². The summed E-state index contributed by atoms with van der Waals surface area (Å²) in [6, 6.07) is 0. The Labute approximate surface area is 76.5 Å². The quantitative estimate of drug-likeness (QED) is 0.423. The number of nitrogens with zero attached hydrogens (tertiary/aromatic N) is 2. The molecule has 0 aliphatic heterocycles. The van der Waals surface area contributed by atoms with Crippen molar-refractivity contribution in [2.75, 3.05) is 5.48 Å². The van der Waals surface area contributed by atoms with Crippen molar-refractivity contribution in [3.8, 4) is 0 Å². The summed E-state index contributed by atoms with van der Waals surface area (Å²) < 4.78 is 0.278. The SMILES string of the molecule is N=C(I)c1cncnc1NO. The number of halogens is 1. The summed E-state index contributed by atoms with van der Waals surface area (Å²) in [7, 11) is 0. The molecule has 0 saturated carbocycles. The van der Waals surface area contributed by atoms with E-state index in [1.54, 1.807) is 0 Å². The van der Waals surface area contributed by atoms with Gasteiger partial charge in [-0.15, -0.1) is 0 Å². The second-order valence-electron chi connectivity index (χ2n) is 1.71. The van der Waals surface area contributed by atoms with Gasteiger partial charge in [-0.05, 0) is 22.6 Å². The molecule has 11 heavy (non-hydrogen) atoms. The summed E-state index contributed by atoms with van der Waals surface area (Å²) in [6.07, 6.45) is 2.75. The molecule has 58 valence electrons. The Bertz CT molecular complexity index is 277. The van der Waals surface area contributed by atoms with E-state index in [1.165, 1.54) is 12.5 Å². The predicted octanol–water partition coefficient (Wildman–Crippen LogP) is 1.04. The lowest BCUT2D eigenvalue weighted by Gasteiger charge is -2.01. The fourth-order valence-corrected chi connectivity index (χ4v) is 0.974. The van der Waals surface area contributed by atoms with Crippen LogP contribution in [-0.2, 0) is 0 Å². The van der Waals surface area contributed by atoms with E-state index in [-0.39, 0.29) is 9.54 Å². The van der Waals surface area contributed by atoms with E-state index < -0.39 is 0 Å². The van der Waals surface area contributed by atoms with Crippen molar-refractivity contribution < 1.29 is 5.21 Å². The fraction of sp³-hybridized carbons (Fsp3) is 0. The molecule has 0 atom stereocenters. The van der Waals surface area contributed by atoms with Gasteiger partial charge in [0.25, 0.3) is 0 Å². The van der Waals surface area contributed by atoms with E-state index in [0.29, 0.717) is 5.56 Å². The first-order valence-corrected chi connectivity index (χ1v) is 3.78. The van der Waals surface area contributed by atoms with Crippen LogP contribution in [0.3, 0.4) is 0 Å². The van der Waals surface area contributed by atoms with Gasteiger partial charge < -0.3 is 0 Å². The largest absolute Gasteiger partial charge is 0.294 e. The minimum atomic E-state index is 0.249. The first-order chi connectivity index (χ1) is 5.25. The molecule has 6 heteroatoms. The zero-order valence-electron chi connectivity index (χ0n) is 5.37. The first kappa shape index (κ1) is 8.34. The Morgan fingerprint density at radius 2 is 2.45 bits per heavy atom. The van der Waals surface area contributed by atoms with Crippen LogP contribution in [0.5, 0.6) is 0 Å². The van der Waals surface area contributed by atoms with E-state index in [4.69, 9.17) is 10.6 Å². The van der Waals surface area contributed by atoms with Crippen molar-refractivity contribution in [2.24, 2.45) is 0 Å². The molecule has 0 saturated heterocycles. The normalized spacial score (nSPS) is 9.27. The van der Waals surface area contributed by atoms with E-state index in [2.05, 4.69) is 9.97 Å². The van der Waals surface area contributed by atoms with E-state index in [1.807, 2.05) is 28.1 Å². The maximum atomic E-state index is 8.53. The van der Waals surface area contributed by atoms with Gasteiger partial charge in [-0.3, -0.25) is 16.1 Å². The third-order valence-corrected chi connectivity index (χ3v) is 1.64. The van der Waals surface area contributed by atoms with Crippen molar-refractivity contribution in [2.45, 2.75) is 0 Å². The first-order valence-electron chi connectivity index (χ1n) is 2.70. The van der Waals surface area contributed by atoms with Crippen molar-refractivity contribution in [1.82, 2.24) is 9.97 Å². The van der Waals surface area contributed by atoms with Crippen LogP contribution in [-0.4, -0.2) is 18.9 Å². The second kappa shape index (κ2) is 3.58. The lowest BCUT2D eigenvalue weighted by Crippen LogP contribution is -2.01. The maximum Gasteiger partial charge on any atom is 0.162 e. The van der Waals surface area contributed by atoms with Crippen LogP contribution in [0.15, 0.2) is 12.5 Å². The molecule has 1 heterocycles. The zero-order valence-corrected chi connectivity index (χ0v) is 7.53. The summed E-state index contributed by atoms with van der Waals surface area (Å²) in [5, 5.41) is 15.8. The second-order valence-corrected chi connectivity index (χ2v) is 2.79. The third-order valence-electron chi connectivity index (χ3n) is 1.05. The molecular weight excluding hydrogens is 259 g/mol. The molecule has 0 aliphatic rings. The minimum absolute atomic E-state index is 0.249. The minimum Gasteiger partial charge on any atom is -0.294 e. The number of anilines is 1. The topological polar surface area (TPSA) is 81.9 Å². The summed E-state index contributed by atoms with van der Waals surface area (Å²) >= 11 is 1.81. The van der Waals surface area contributed by atoms with Crippen molar-refractivity contribution in [3.05, 3.63) is 18.1 Å². The number of nitrogens with one attached hydrogen (secondary N) is 2. The zero-order chi connectivity index (χ0) is 8.27. The number of hydrogen-bond donors (Lipinski definition) is 3. The highest BCUT2D eigenvalue weighted by Crippen LogP contribution is 2.12. The van der Waals surface area contributed by atoms with Crippen molar-refractivity contribution in [1.29, 1.82) is 5.41 Å². The average molecular weight is 264 g/mol. The third kappa shape index (κ3) is 1.84. The van der Waals surface area contributed by atoms with E-state index in [9.17, 15) is 0 Å². The molecule has 0 radical (unpaired) electrons. The molecule has 5 nitrogen and oxygen atoms in total. The smallest absolute Gasteiger partial charge is 0.162 e. The summed E-state index contributed by atoms with van der Waals surface area (Å²) in [6.45, 7) is 0. The maximum absolute atomic E-state index is 8.53. The fourth-order valence-electron chi connectivity index (χ4n) is 0.579. The van der Waals surface area contributed by atoms with Gasteiger partial charge >= 0.3 is 0 Å². The van der Waals surface area contributed by atoms with Crippen LogP contribution in [0.1, 0.15) is 5.56 Å². The number of rotatable bonds is 2. The highest BCUT2D eigenvalue weighted by Gasteiger charge is 2.04. The monoisotopic (exact) mass is 264 g/mol. The van der Waals surface area contributed by atoms with Crippen LogP contribution in [0, 0.1) is 5.41 Å². The van der Waals surface area contributed by atoms with E-state index in [0.717, 1.165) is 0 Å². The van der Waals surface area contributed by atoms with Crippen molar-refractivity contribution >= 4 is 32.1 Å². The molecule has 1 aromatic heterocycles. The lowest BCUT2D eigenvalue weighted by atomic mass is 10.3. The lowest BCUT2D eigenvalue weighted by molar-refractivity contribution is 0.385. The highest BCUT2D eigenvalue weighted by atomic mass is 127. The summed E-state index contributed by atoms with van der Waals surface area (Å²) in [5.74, 6) is 0.249. The van der Waals surface area contributed by atoms with Gasteiger partial charge in [0.15, 0.2) is 5.82 Å². The van der Waals surface area contributed by atoms with Crippen LogP contribution >= 0.6 is 22.6 Å². The average Bonchev–Trinajstić information content (AvgIpc) is 2.04. The van der Waals surface area contributed by atoms with Gasteiger partial charge in [-0.25, -0.2) is 9.97 Å². The van der Waals surface area contributed by atoms with Gasteiger partial charge in [-0.2, -0.15) is 0 Å². The molecule has 0 unspecified atom stereocenters. The Morgan fingerprint density at radius 1 is 1.73 bits per heavy atom. The van der Waals surface area contributed by atoms with Gasteiger partial charge in [0.1, 0.15) is 10.0 Å². The van der Waals surface area contributed by atoms with Crippen LogP contribution < -0.4 is 5.48 Å². The summed E-state index contributed by atoms with van der Waals surface area (Å²) in [5.41, 5.74) is 2.36. The van der Waals surface area contributed by atoms with Gasteiger partial charge in [0.05, 0.1) is 5.56 Å². The Morgan fingerprint density at radius 3 is 2.91 bits per heavy atom. The Kier molecular flexibility index (Phi) is 2.71. The van der Waals surface area contributed by atoms with Gasteiger partial charge in [0, 0.05) is 6.20 Å². The summed E-state index contributed by atoms with van der Waals surface area (Å²) in [4.78, 5) is 7.41. The molecule has 0 aliphatic carbocycles. The molecule has 0 aromatic carbocycles. The standard InChI is InChI=1S/C5H5IN4O/c6-4(7)3-1-8-2-9-5(3)10-11/h1-2,7,11H,(H,8,9,10).